The molecule has 3 heterocycles. The molecule has 2 aromatic rings. The summed E-state index contributed by atoms with van der Waals surface area (Å²) in [6, 6.07) is 7.43. The maximum atomic E-state index is 13.9. The quantitative estimate of drug-likeness (QED) is 0.442. The third kappa shape index (κ3) is 5.76. The number of pyridine rings is 1. The molecule has 0 bridgehead atoms. The van der Waals surface area contributed by atoms with Gasteiger partial charge in [0.25, 0.3) is 0 Å². The molecule has 3 N–H and O–H groups in total. The largest absolute Gasteiger partial charge is 0.480 e. The molecule has 6 nitrogen and oxygen atoms in total. The number of aliphatic carboxylic acids is 1. The van der Waals surface area contributed by atoms with Gasteiger partial charge < -0.3 is 15.5 Å². The Kier molecular flexibility index (Phi) is 8.16. The molecule has 0 aliphatic carbocycles. The van der Waals surface area contributed by atoms with E-state index < -0.39 is 17.8 Å². The third-order valence-electron chi connectivity index (χ3n) is 7.53. The van der Waals surface area contributed by atoms with Gasteiger partial charge in [0, 0.05) is 18.8 Å². The van der Waals surface area contributed by atoms with Crippen molar-refractivity contribution in [1.82, 2.24) is 9.88 Å². The van der Waals surface area contributed by atoms with Crippen LogP contribution in [-0.2, 0) is 24.2 Å². The maximum Gasteiger partial charge on any atom is 0.325 e. The number of hydrogen-bond donors (Lipinski definition) is 3. The molecule has 0 spiro atoms. The predicted octanol–water partition coefficient (Wildman–Crippen LogP) is 4.57. The minimum Gasteiger partial charge on any atom is -0.480 e. The van der Waals surface area contributed by atoms with Gasteiger partial charge in [-0.05, 0) is 85.4 Å². The fraction of sp³-hybridized carbons (Fsp3) is 0.556. The predicted molar refractivity (Wildman–Crippen MR) is 130 cm³/mol. The van der Waals surface area contributed by atoms with Crippen LogP contribution < -0.4 is 5.32 Å². The maximum absolute atomic E-state index is 13.9. The van der Waals surface area contributed by atoms with E-state index in [1.165, 1.54) is 30.2 Å². The molecule has 0 amide bonds. The lowest BCUT2D eigenvalue weighted by Crippen LogP contribution is -2.33. The number of aryl methyl sites for hydroxylation is 2. The number of aromatic nitrogens is 1. The number of nitrogens with one attached hydrogen (secondary N) is 1. The Morgan fingerprint density at radius 3 is 2.94 bits per heavy atom. The van der Waals surface area contributed by atoms with Crippen LogP contribution in [-0.4, -0.2) is 45.7 Å². The second kappa shape index (κ2) is 11.3. The molecule has 0 radical (unpaired) electrons. The van der Waals surface area contributed by atoms with Gasteiger partial charge >= 0.3 is 5.97 Å². The molecule has 2 aliphatic heterocycles. The van der Waals surface area contributed by atoms with Gasteiger partial charge in [-0.3, -0.25) is 9.69 Å². The van der Waals surface area contributed by atoms with Crippen molar-refractivity contribution in [3.05, 3.63) is 58.5 Å². The van der Waals surface area contributed by atoms with Crippen LogP contribution >= 0.6 is 0 Å². The van der Waals surface area contributed by atoms with Gasteiger partial charge in [0.15, 0.2) is 0 Å². The Morgan fingerprint density at radius 2 is 2.15 bits per heavy atom. The molecular formula is C27H36FN3O3. The summed E-state index contributed by atoms with van der Waals surface area (Å²) < 4.78 is 13.9. The van der Waals surface area contributed by atoms with Gasteiger partial charge in [-0.25, -0.2) is 9.37 Å². The van der Waals surface area contributed by atoms with Crippen molar-refractivity contribution in [2.75, 3.05) is 25.0 Å². The summed E-state index contributed by atoms with van der Waals surface area (Å²) in [7, 11) is 0. The zero-order chi connectivity index (χ0) is 24.1. The summed E-state index contributed by atoms with van der Waals surface area (Å²) in [4.78, 5) is 18.8. The fourth-order valence-electron chi connectivity index (χ4n) is 5.48. The zero-order valence-electron chi connectivity index (χ0n) is 20.0. The highest BCUT2D eigenvalue weighted by Gasteiger charge is 2.36. The number of likely N-dealkylation sites (tertiary alicyclic amines) is 1. The first kappa shape index (κ1) is 24.6. The lowest BCUT2D eigenvalue weighted by molar-refractivity contribution is -0.143. The Bertz CT molecular complexity index is 999. The van der Waals surface area contributed by atoms with Crippen LogP contribution in [0.3, 0.4) is 0 Å². The van der Waals surface area contributed by atoms with Gasteiger partial charge in [-0.2, -0.15) is 0 Å². The van der Waals surface area contributed by atoms with Crippen molar-refractivity contribution >= 4 is 11.8 Å². The number of benzene rings is 1. The second-order valence-corrected chi connectivity index (χ2v) is 9.85. The second-order valence-electron chi connectivity index (χ2n) is 9.85. The smallest absolute Gasteiger partial charge is 0.325 e. The van der Waals surface area contributed by atoms with Crippen LogP contribution in [0.2, 0.25) is 0 Å². The summed E-state index contributed by atoms with van der Waals surface area (Å²) in [5.74, 6) is 0.479. The van der Waals surface area contributed by atoms with Crippen LogP contribution in [0.5, 0.6) is 0 Å². The van der Waals surface area contributed by atoms with Crippen LogP contribution in [0.25, 0.3) is 0 Å². The zero-order valence-corrected chi connectivity index (χ0v) is 20.0. The minimum absolute atomic E-state index is 0.303. The van der Waals surface area contributed by atoms with Crippen molar-refractivity contribution in [3.63, 3.8) is 0 Å². The number of carbonyl (C=O) groups is 1. The number of aliphatic hydroxyl groups is 1. The van der Waals surface area contributed by atoms with Crippen molar-refractivity contribution in [2.45, 2.75) is 64.5 Å². The van der Waals surface area contributed by atoms with Crippen molar-refractivity contribution in [1.29, 1.82) is 0 Å². The number of rotatable bonds is 10. The summed E-state index contributed by atoms with van der Waals surface area (Å²) >= 11 is 0. The van der Waals surface area contributed by atoms with Crippen molar-refractivity contribution in [2.24, 2.45) is 11.8 Å². The van der Waals surface area contributed by atoms with Gasteiger partial charge in [0.2, 0.25) is 0 Å². The highest BCUT2D eigenvalue weighted by Crippen LogP contribution is 2.35. The minimum atomic E-state index is -0.999. The van der Waals surface area contributed by atoms with E-state index in [1.807, 2.05) is 4.90 Å². The first-order valence-electron chi connectivity index (χ1n) is 12.5. The van der Waals surface area contributed by atoms with Gasteiger partial charge in [0.05, 0.1) is 6.61 Å². The molecule has 1 saturated heterocycles. The van der Waals surface area contributed by atoms with Crippen LogP contribution in [0.1, 0.15) is 67.5 Å². The van der Waals surface area contributed by atoms with E-state index in [4.69, 9.17) is 4.98 Å². The number of nitrogens with zero attached hydrogens (tertiary/aromatic N) is 2. The molecule has 1 aromatic carbocycles. The van der Waals surface area contributed by atoms with E-state index in [9.17, 15) is 19.4 Å². The number of unbranched alkanes of at least 4 members (excludes halogenated alkanes) is 1. The average molecular weight is 470 g/mol. The summed E-state index contributed by atoms with van der Waals surface area (Å²) in [6.07, 6.45) is 7.49. The Labute approximate surface area is 201 Å². The Hall–Kier alpha value is -2.51. The lowest BCUT2D eigenvalue weighted by Gasteiger charge is -2.27. The van der Waals surface area contributed by atoms with Gasteiger partial charge in [0.1, 0.15) is 17.7 Å². The first-order valence-corrected chi connectivity index (χ1v) is 12.5. The van der Waals surface area contributed by atoms with Crippen molar-refractivity contribution in [3.8, 4) is 0 Å². The lowest BCUT2D eigenvalue weighted by atomic mass is 9.88. The summed E-state index contributed by atoms with van der Waals surface area (Å²) in [5, 5.41) is 23.0. The molecule has 4 rings (SSSR count). The number of carboxylic acids is 1. The van der Waals surface area contributed by atoms with Crippen LogP contribution in [0.4, 0.5) is 10.2 Å². The van der Waals surface area contributed by atoms with E-state index in [2.05, 4.69) is 24.4 Å². The molecule has 7 heteroatoms. The SMILES string of the molecule is C[C@@H](CCCCc1ccc2c(n1)NCCC2)C1CCN([C@@H](C(=O)O)c2cc(F)ccc2CO)C1. The topological polar surface area (TPSA) is 85.7 Å². The molecule has 2 aliphatic rings. The Morgan fingerprint density at radius 1 is 1.29 bits per heavy atom. The number of fused-ring (bicyclic) bond motifs is 1. The molecule has 1 aromatic heterocycles. The fourth-order valence-corrected chi connectivity index (χ4v) is 5.48. The Balaban J connectivity index is 1.28. The number of halogens is 1. The molecular weight excluding hydrogens is 433 g/mol. The third-order valence-corrected chi connectivity index (χ3v) is 7.53. The molecule has 1 unspecified atom stereocenters. The van der Waals surface area contributed by atoms with Gasteiger partial charge in [-0.1, -0.05) is 31.9 Å². The standard InChI is InChI=1S/C27H36FN3O3/c1-18(5-2-3-7-23-11-9-19-6-4-13-29-26(19)30-23)20-12-14-31(16-20)25(27(33)34)24-15-22(28)10-8-21(24)17-32/h8-11,15,18,20,25,32H,2-7,12-14,16-17H2,1H3,(H,29,30)(H,33,34)/t18-,20?,25+/m0/s1. The van der Waals surface area contributed by atoms with E-state index in [0.29, 0.717) is 36.1 Å². The summed E-state index contributed by atoms with van der Waals surface area (Å²) in [6.45, 7) is 4.30. The van der Waals surface area contributed by atoms with Crippen LogP contribution in [0, 0.1) is 17.7 Å². The molecule has 0 saturated carbocycles. The highest BCUT2D eigenvalue weighted by atomic mass is 19.1. The number of hydrogen-bond acceptors (Lipinski definition) is 5. The monoisotopic (exact) mass is 469 g/mol. The highest BCUT2D eigenvalue weighted by molar-refractivity contribution is 5.76. The number of carboxylic acid groups (broad SMARTS) is 1. The molecule has 3 atom stereocenters. The van der Waals surface area contributed by atoms with E-state index in [0.717, 1.165) is 56.6 Å². The van der Waals surface area contributed by atoms with E-state index >= 15 is 0 Å². The molecule has 1 fully saturated rings. The normalized spacial score (nSPS) is 19.9. The van der Waals surface area contributed by atoms with Crippen molar-refractivity contribution < 1.29 is 19.4 Å². The van der Waals surface area contributed by atoms with E-state index in [-0.39, 0.29) is 6.61 Å². The van der Waals surface area contributed by atoms with Gasteiger partial charge in [-0.15, -0.1) is 0 Å². The summed E-state index contributed by atoms with van der Waals surface area (Å²) in [5.41, 5.74) is 3.29. The number of aliphatic hydroxyl groups excluding tert-OH is 1. The van der Waals surface area contributed by atoms with E-state index in [1.54, 1.807) is 0 Å². The number of anilines is 1. The first-order chi connectivity index (χ1) is 16.5. The molecule has 184 valence electrons. The molecule has 34 heavy (non-hydrogen) atoms. The average Bonchev–Trinajstić information content (AvgIpc) is 3.31. The van der Waals surface area contributed by atoms with Crippen LogP contribution in [0.15, 0.2) is 30.3 Å².